The Morgan fingerprint density at radius 2 is 1.17 bits per heavy atom. The molecule has 92 heavy (non-hydrogen) atoms. The molecule has 38 nitrogen and oxygen atoms in total. The lowest BCUT2D eigenvalue weighted by atomic mass is 9.92. The van der Waals surface area contributed by atoms with E-state index in [1.54, 1.807) is 37.3 Å². The summed E-state index contributed by atoms with van der Waals surface area (Å²) in [5, 5.41) is 168. The van der Waals surface area contributed by atoms with Gasteiger partial charge in [0.25, 0.3) is 0 Å². The number of aliphatic hydroxyl groups excluding tert-OH is 14. The van der Waals surface area contributed by atoms with Gasteiger partial charge in [-0.1, -0.05) is 43.3 Å². The number of anilines is 1. The number of amides is 6. The minimum atomic E-state index is -2.37. The van der Waals surface area contributed by atoms with Crippen molar-refractivity contribution in [1.82, 2.24) is 42.1 Å². The fourth-order valence-corrected chi connectivity index (χ4v) is 11.3. The van der Waals surface area contributed by atoms with Crippen molar-refractivity contribution in [2.24, 2.45) is 21.5 Å². The van der Waals surface area contributed by atoms with Crippen LogP contribution in [0.5, 0.6) is 5.75 Å². The molecule has 5 unspecified atom stereocenters. The topological polar surface area (TPSA) is 622 Å². The SMILES string of the molecule is CC(c1ccccc1)[C@@H]1NC(=O)CNC(=O)[C@H](CO)NC(=O)[C@@H](C(O)C2CN=C(N)N2[C@H]2O[C@H](CO)[C@@H](O)[C@H](O)[C@@H]2O)NC(=O)[C@H](C(O)C2CN=C(N)N2)NC(=O)[C@@H](Cc2ccc(O[C@H]3O[C@H](CO)[C@@H](O[C@H]4O[C@H](CO)[C@@H](O)[C@H](O)[C@@H]4O)[C@H](O)[C@@H]3O)cc2N)NC1=O. The fourth-order valence-electron chi connectivity index (χ4n) is 11.3. The molecule has 0 aliphatic carbocycles. The van der Waals surface area contributed by atoms with E-state index >= 15 is 9.59 Å². The Kier molecular flexibility index (Phi) is 23.5. The van der Waals surface area contributed by atoms with Gasteiger partial charge in [0, 0.05) is 24.1 Å². The van der Waals surface area contributed by atoms with Crippen LogP contribution >= 0.6 is 0 Å². The molecular formula is C54H79N13O25. The molecule has 2 aromatic carbocycles. The summed E-state index contributed by atoms with van der Waals surface area (Å²) in [7, 11) is 0. The molecule has 4 saturated heterocycles. The number of carbonyl (C=O) groups is 6. The van der Waals surface area contributed by atoms with Gasteiger partial charge in [-0.3, -0.25) is 38.8 Å². The van der Waals surface area contributed by atoms with Crippen molar-refractivity contribution in [3.05, 3.63) is 59.7 Å². The number of nitrogens with one attached hydrogen (secondary N) is 7. The molecule has 8 rings (SSSR count). The lowest BCUT2D eigenvalue weighted by Gasteiger charge is -2.46. The average molecular weight is 1310 g/mol. The number of nitrogens with zero attached hydrogens (tertiary/aromatic N) is 3. The number of aliphatic imine (C=N–C) groups is 2. The fraction of sp³-hybridized carbons (Fsp3) is 0.630. The molecule has 6 aliphatic heterocycles. The summed E-state index contributed by atoms with van der Waals surface area (Å²) in [6.45, 7) is -4.09. The molecule has 0 bridgehead atoms. The van der Waals surface area contributed by atoms with E-state index in [1.165, 1.54) is 12.1 Å². The first kappa shape index (κ1) is 70.5. The van der Waals surface area contributed by atoms with Gasteiger partial charge in [-0.05, 0) is 17.2 Å². The van der Waals surface area contributed by atoms with Crippen LogP contribution in [-0.2, 0) is 54.1 Å². The van der Waals surface area contributed by atoms with Crippen LogP contribution in [0.2, 0.25) is 0 Å². The second-order valence-corrected chi connectivity index (χ2v) is 22.8. The zero-order chi connectivity index (χ0) is 67.2. The maximum absolute atomic E-state index is 15.2. The molecule has 25 atom stereocenters. The highest BCUT2D eigenvalue weighted by Gasteiger charge is 2.54. The van der Waals surface area contributed by atoms with Crippen molar-refractivity contribution in [3.8, 4) is 5.75 Å². The van der Waals surface area contributed by atoms with Crippen molar-refractivity contribution >= 4 is 53.0 Å². The molecule has 0 radical (unpaired) electrons. The summed E-state index contributed by atoms with van der Waals surface area (Å²) < 4.78 is 28.3. The zero-order valence-corrected chi connectivity index (χ0v) is 49.0. The average Bonchev–Trinajstić information content (AvgIpc) is 1.58. The maximum atomic E-state index is 15.2. The first-order valence-electron chi connectivity index (χ1n) is 29.1. The number of ether oxygens (including phenoxy) is 5. The van der Waals surface area contributed by atoms with E-state index in [0.29, 0.717) is 5.56 Å². The van der Waals surface area contributed by atoms with E-state index in [9.17, 15) is 90.7 Å². The van der Waals surface area contributed by atoms with Crippen LogP contribution in [0.15, 0.2) is 58.5 Å². The van der Waals surface area contributed by atoms with Crippen LogP contribution in [0.3, 0.4) is 0 Å². The summed E-state index contributed by atoms with van der Waals surface area (Å²) in [4.78, 5) is 96.2. The van der Waals surface area contributed by atoms with Crippen molar-refractivity contribution in [2.75, 3.05) is 51.8 Å². The normalized spacial score (nSPS) is 37.3. The Morgan fingerprint density at radius 1 is 0.587 bits per heavy atom. The van der Waals surface area contributed by atoms with E-state index in [1.807, 2.05) is 0 Å². The van der Waals surface area contributed by atoms with Crippen molar-refractivity contribution in [1.29, 1.82) is 0 Å². The zero-order valence-electron chi connectivity index (χ0n) is 49.0. The predicted octanol–water partition coefficient (Wildman–Crippen LogP) is -14.0. The summed E-state index contributed by atoms with van der Waals surface area (Å²) in [6.07, 6.45) is -32.2. The van der Waals surface area contributed by atoms with Gasteiger partial charge in [0.15, 0.2) is 24.4 Å². The Bertz CT molecular complexity index is 2980. The third kappa shape index (κ3) is 15.5. The molecule has 0 saturated carbocycles. The summed E-state index contributed by atoms with van der Waals surface area (Å²) in [6, 6.07) is -1.13. The molecule has 6 amide bonds. The third-order valence-electron chi connectivity index (χ3n) is 16.7. The van der Waals surface area contributed by atoms with Gasteiger partial charge < -0.3 is 154 Å². The van der Waals surface area contributed by atoms with E-state index in [-0.39, 0.29) is 29.5 Å². The minimum absolute atomic E-state index is 0.0335. The molecule has 4 fully saturated rings. The number of aliphatic hydroxyl groups is 14. The maximum Gasteiger partial charge on any atom is 0.246 e. The van der Waals surface area contributed by atoms with E-state index in [2.05, 4.69) is 47.2 Å². The van der Waals surface area contributed by atoms with Gasteiger partial charge in [0.1, 0.15) is 121 Å². The van der Waals surface area contributed by atoms with Crippen LogP contribution in [-0.4, -0.2) is 316 Å². The largest absolute Gasteiger partial charge is 0.462 e. The summed E-state index contributed by atoms with van der Waals surface area (Å²) >= 11 is 0. The summed E-state index contributed by atoms with van der Waals surface area (Å²) in [5.41, 5.74) is 19.0. The monoisotopic (exact) mass is 1310 g/mol. The quantitative estimate of drug-likeness (QED) is 0.0654. The number of nitrogens with two attached hydrogens (primary N) is 3. The Morgan fingerprint density at radius 3 is 1.80 bits per heavy atom. The third-order valence-corrected chi connectivity index (χ3v) is 16.7. The number of hydrogen-bond acceptors (Lipinski definition) is 32. The number of guanidine groups is 2. The highest BCUT2D eigenvalue weighted by atomic mass is 16.7. The van der Waals surface area contributed by atoms with E-state index in [4.69, 9.17) is 40.9 Å². The lowest BCUT2D eigenvalue weighted by Crippen LogP contribution is -2.70. The molecule has 38 heteroatoms. The van der Waals surface area contributed by atoms with Gasteiger partial charge in [0.05, 0.1) is 58.1 Å². The lowest BCUT2D eigenvalue weighted by molar-refractivity contribution is -0.352. The smallest absolute Gasteiger partial charge is 0.246 e. The number of nitrogen functional groups attached to an aromatic ring is 1. The Hall–Kier alpha value is -7.32. The molecule has 0 spiro atoms. The Balaban J connectivity index is 1.12. The molecule has 510 valence electrons. The molecular weight excluding hydrogens is 1230 g/mol. The van der Waals surface area contributed by atoms with Crippen LogP contribution in [0.25, 0.3) is 0 Å². The number of benzene rings is 2. The van der Waals surface area contributed by atoms with Gasteiger partial charge in [-0.2, -0.15) is 0 Å². The second-order valence-electron chi connectivity index (χ2n) is 22.8. The first-order chi connectivity index (χ1) is 43.7. The van der Waals surface area contributed by atoms with Gasteiger partial charge in [-0.15, -0.1) is 0 Å². The second kappa shape index (κ2) is 30.6. The van der Waals surface area contributed by atoms with Crippen LogP contribution in [0.1, 0.15) is 24.0 Å². The van der Waals surface area contributed by atoms with Gasteiger partial charge >= 0.3 is 0 Å². The van der Waals surface area contributed by atoms with Crippen molar-refractivity contribution < 1.29 is 124 Å². The number of hydrogen-bond donors (Lipinski definition) is 24. The molecule has 6 aliphatic rings. The molecule has 27 N–H and O–H groups in total. The highest BCUT2D eigenvalue weighted by Crippen LogP contribution is 2.33. The number of carbonyl (C=O) groups excluding carboxylic acids is 6. The molecule has 0 aromatic heterocycles. The van der Waals surface area contributed by atoms with E-state index in [0.717, 1.165) is 11.0 Å². The van der Waals surface area contributed by atoms with Gasteiger partial charge in [0.2, 0.25) is 41.7 Å². The molecule has 2 aromatic rings. The van der Waals surface area contributed by atoms with Crippen LogP contribution in [0, 0.1) is 0 Å². The minimum Gasteiger partial charge on any atom is -0.462 e. The van der Waals surface area contributed by atoms with E-state index < -0.39 is 240 Å². The number of rotatable bonds is 17. The molecule has 6 heterocycles. The predicted molar refractivity (Wildman–Crippen MR) is 308 cm³/mol. The van der Waals surface area contributed by atoms with Gasteiger partial charge in [-0.25, -0.2) is 0 Å². The van der Waals surface area contributed by atoms with Crippen LogP contribution in [0.4, 0.5) is 5.69 Å². The highest BCUT2D eigenvalue weighted by molar-refractivity contribution is 5.98. The summed E-state index contributed by atoms with van der Waals surface area (Å²) in [5.74, 6) is -9.32. The Labute approximate surface area is 522 Å². The standard InChI is InChI=1S/C54H79N13O25/c1-18(19-5-3-2-4-6-19)31-47(85)61-23(9-20-7-8-21(10-22(20)55)88-51-43(82)40(79)44(29(17-71)91-51)92-52-42(81)39(78)37(76)28(16-70)90-52)46(84)65-32(34(73)24-11-59-53(56)63-24)49(87)66-33(48(86)62-25(14-68)45(83)58-13-30(72)64-31)35(74)26-12-60-54(57)67(26)50-41(80)38(77)36(75)27(15-69)89-50/h2-8,10,18,23-29,31-44,50-52,68-71,73-82H,9,11-17,55H2,1H3,(H2,57,60)(H,58,83)(H,61,85)(H,62,86)(H,64,72)(H,65,84)(H,66,87)(H3,56,59,63)/t18?,23-,24?,25+,26?,27-,28-,29-,31+,32+,33-,34?,35?,36-,37-,38+,39+,40-,41+,42+,43+,44-,50+,51+,52-/m1/s1. The van der Waals surface area contributed by atoms with Crippen molar-refractivity contribution in [3.63, 3.8) is 0 Å². The van der Waals surface area contributed by atoms with Crippen molar-refractivity contribution in [2.45, 2.75) is 166 Å². The first-order valence-corrected chi connectivity index (χ1v) is 29.1. The van der Waals surface area contributed by atoms with Crippen LogP contribution < -0.4 is 59.2 Å².